The SMILES string of the molecule is C[C@@H](Sc1nnc(N)s1)C(=O)Nc1cc([N+](=O)[O-])ccc1Cl. The van der Waals surface area contributed by atoms with Crippen LogP contribution in [0.2, 0.25) is 5.02 Å². The highest BCUT2D eigenvalue weighted by molar-refractivity contribution is 8.02. The predicted octanol–water partition coefficient (Wildman–Crippen LogP) is 2.80. The fraction of sp³-hybridized carbons (Fsp3) is 0.182. The number of anilines is 2. The van der Waals surface area contributed by atoms with Crippen LogP contribution in [0.5, 0.6) is 0 Å². The molecule has 0 aliphatic heterocycles. The van der Waals surface area contributed by atoms with E-state index in [-0.39, 0.29) is 22.3 Å². The van der Waals surface area contributed by atoms with Crippen molar-refractivity contribution in [3.05, 3.63) is 33.3 Å². The van der Waals surface area contributed by atoms with E-state index < -0.39 is 10.2 Å². The molecular formula is C11H10ClN5O3S2. The number of nitrogens with two attached hydrogens (primary N) is 1. The molecule has 0 aliphatic rings. The zero-order valence-corrected chi connectivity index (χ0v) is 13.5. The van der Waals surface area contributed by atoms with Gasteiger partial charge in [0.05, 0.1) is 20.9 Å². The first-order valence-electron chi connectivity index (χ1n) is 5.87. The zero-order chi connectivity index (χ0) is 16.3. The molecule has 0 saturated carbocycles. The van der Waals surface area contributed by atoms with Gasteiger partial charge in [0.2, 0.25) is 11.0 Å². The lowest BCUT2D eigenvalue weighted by molar-refractivity contribution is -0.384. The van der Waals surface area contributed by atoms with Gasteiger partial charge in [0.25, 0.3) is 5.69 Å². The summed E-state index contributed by atoms with van der Waals surface area (Å²) >= 11 is 8.29. The lowest BCUT2D eigenvalue weighted by Gasteiger charge is -2.11. The molecule has 116 valence electrons. The highest BCUT2D eigenvalue weighted by Crippen LogP contribution is 2.30. The highest BCUT2D eigenvalue weighted by atomic mass is 35.5. The summed E-state index contributed by atoms with van der Waals surface area (Å²) in [6, 6.07) is 3.83. The number of aromatic nitrogens is 2. The minimum Gasteiger partial charge on any atom is -0.374 e. The van der Waals surface area contributed by atoms with Gasteiger partial charge in [0.15, 0.2) is 4.34 Å². The molecule has 0 fully saturated rings. The van der Waals surface area contributed by atoms with Crippen LogP contribution in [0.25, 0.3) is 0 Å². The van der Waals surface area contributed by atoms with Crippen molar-refractivity contribution in [3.8, 4) is 0 Å². The summed E-state index contributed by atoms with van der Waals surface area (Å²) in [5.74, 6) is -0.360. The van der Waals surface area contributed by atoms with Crippen LogP contribution in [0.3, 0.4) is 0 Å². The van der Waals surface area contributed by atoms with Gasteiger partial charge in [-0.15, -0.1) is 10.2 Å². The summed E-state index contributed by atoms with van der Waals surface area (Å²) < 4.78 is 0.560. The summed E-state index contributed by atoms with van der Waals surface area (Å²) in [5.41, 5.74) is 5.50. The maximum absolute atomic E-state index is 12.1. The van der Waals surface area contributed by atoms with Gasteiger partial charge >= 0.3 is 0 Å². The number of halogens is 1. The Kier molecular flexibility index (Phi) is 5.16. The van der Waals surface area contributed by atoms with Crippen LogP contribution in [0.1, 0.15) is 6.92 Å². The number of non-ortho nitro benzene ring substituents is 1. The van der Waals surface area contributed by atoms with E-state index in [1.807, 2.05) is 0 Å². The van der Waals surface area contributed by atoms with Crippen molar-refractivity contribution in [3.63, 3.8) is 0 Å². The molecule has 0 unspecified atom stereocenters. The van der Waals surface area contributed by atoms with Crippen molar-refractivity contribution in [2.45, 2.75) is 16.5 Å². The normalized spacial score (nSPS) is 11.9. The minimum absolute atomic E-state index is 0.156. The highest BCUT2D eigenvalue weighted by Gasteiger charge is 2.19. The Labute approximate surface area is 138 Å². The second kappa shape index (κ2) is 6.90. The van der Waals surface area contributed by atoms with Crippen molar-refractivity contribution in [2.75, 3.05) is 11.1 Å². The first kappa shape index (κ1) is 16.5. The van der Waals surface area contributed by atoms with E-state index in [9.17, 15) is 14.9 Å². The lowest BCUT2D eigenvalue weighted by atomic mass is 10.2. The summed E-state index contributed by atoms with van der Waals surface area (Å²) in [6.07, 6.45) is 0. The number of hydrogen-bond acceptors (Lipinski definition) is 8. The maximum Gasteiger partial charge on any atom is 0.271 e. The van der Waals surface area contributed by atoms with E-state index in [2.05, 4.69) is 15.5 Å². The Morgan fingerprint density at radius 2 is 2.27 bits per heavy atom. The van der Waals surface area contributed by atoms with E-state index in [1.54, 1.807) is 6.92 Å². The molecule has 1 aromatic heterocycles. The molecule has 11 heteroatoms. The van der Waals surface area contributed by atoms with Gasteiger partial charge in [-0.05, 0) is 13.0 Å². The third-order valence-electron chi connectivity index (χ3n) is 2.49. The first-order valence-corrected chi connectivity index (χ1v) is 7.94. The quantitative estimate of drug-likeness (QED) is 0.477. The Balaban J connectivity index is 2.07. The number of hydrogen-bond donors (Lipinski definition) is 2. The standard InChI is InChI=1S/C11H10ClN5O3S2/c1-5(21-11-16-15-10(13)22-11)9(18)14-8-4-6(17(19)20)2-3-7(8)12/h2-5H,1H3,(H2,13,15)(H,14,18)/t5-/m1/s1. The van der Waals surface area contributed by atoms with Crippen LogP contribution in [0, 0.1) is 10.1 Å². The van der Waals surface area contributed by atoms with Crippen LogP contribution in [0.4, 0.5) is 16.5 Å². The molecule has 0 bridgehead atoms. The number of nitro groups is 1. The van der Waals surface area contributed by atoms with Gasteiger partial charge in [-0.2, -0.15) is 0 Å². The third-order valence-corrected chi connectivity index (χ3v) is 4.75. The molecule has 1 atom stereocenters. The molecule has 2 aromatic rings. The van der Waals surface area contributed by atoms with Crippen LogP contribution in [-0.4, -0.2) is 26.3 Å². The average Bonchev–Trinajstić information content (AvgIpc) is 2.86. The number of nitrogen functional groups attached to an aromatic ring is 1. The molecular weight excluding hydrogens is 350 g/mol. The Hall–Kier alpha value is -1.91. The summed E-state index contributed by atoms with van der Waals surface area (Å²) in [4.78, 5) is 22.3. The van der Waals surface area contributed by atoms with E-state index in [4.69, 9.17) is 17.3 Å². The van der Waals surface area contributed by atoms with Gasteiger partial charge in [-0.3, -0.25) is 14.9 Å². The number of rotatable bonds is 5. The number of nitro benzene ring substituents is 1. The van der Waals surface area contributed by atoms with Crippen molar-refractivity contribution >= 4 is 57.1 Å². The molecule has 3 N–H and O–H groups in total. The number of benzene rings is 1. The number of nitrogens with zero attached hydrogens (tertiary/aromatic N) is 3. The monoisotopic (exact) mass is 359 g/mol. The van der Waals surface area contributed by atoms with E-state index in [0.29, 0.717) is 9.47 Å². The summed E-state index contributed by atoms with van der Waals surface area (Å²) in [5, 5.41) is 20.8. The fourth-order valence-corrected chi connectivity index (χ4v) is 3.37. The Bertz CT molecular complexity index is 724. The van der Waals surface area contributed by atoms with Gasteiger partial charge in [-0.1, -0.05) is 34.7 Å². The molecule has 0 spiro atoms. The molecule has 8 nitrogen and oxygen atoms in total. The first-order chi connectivity index (χ1) is 10.4. The zero-order valence-electron chi connectivity index (χ0n) is 11.1. The molecule has 0 aliphatic carbocycles. The van der Waals surface area contributed by atoms with Crippen molar-refractivity contribution in [1.29, 1.82) is 0 Å². The molecule has 2 rings (SSSR count). The maximum atomic E-state index is 12.1. The number of nitrogens with one attached hydrogen (secondary N) is 1. The predicted molar refractivity (Wildman–Crippen MR) is 86.4 cm³/mol. The van der Waals surface area contributed by atoms with Gasteiger partial charge in [-0.25, -0.2) is 0 Å². The van der Waals surface area contributed by atoms with Crippen LogP contribution >= 0.6 is 34.7 Å². The fourth-order valence-electron chi connectivity index (χ4n) is 1.43. The third kappa shape index (κ3) is 4.06. The summed E-state index contributed by atoms with van der Waals surface area (Å²) in [6.45, 7) is 1.67. The lowest BCUT2D eigenvalue weighted by Crippen LogP contribution is -2.22. The largest absolute Gasteiger partial charge is 0.374 e. The Morgan fingerprint density at radius 1 is 1.55 bits per heavy atom. The second-order valence-electron chi connectivity index (χ2n) is 4.08. The van der Waals surface area contributed by atoms with Gasteiger partial charge in [0, 0.05) is 12.1 Å². The topological polar surface area (TPSA) is 124 Å². The molecule has 22 heavy (non-hydrogen) atoms. The number of carbonyl (C=O) groups excluding carboxylic acids is 1. The number of amides is 1. The van der Waals surface area contributed by atoms with Crippen molar-refractivity contribution in [2.24, 2.45) is 0 Å². The van der Waals surface area contributed by atoms with E-state index in [0.717, 1.165) is 0 Å². The molecule has 1 aromatic carbocycles. The average molecular weight is 360 g/mol. The van der Waals surface area contributed by atoms with E-state index >= 15 is 0 Å². The van der Waals surface area contributed by atoms with E-state index in [1.165, 1.54) is 41.3 Å². The van der Waals surface area contributed by atoms with Gasteiger partial charge in [0.1, 0.15) is 0 Å². The number of carbonyl (C=O) groups is 1. The summed E-state index contributed by atoms with van der Waals surface area (Å²) in [7, 11) is 0. The molecule has 1 amide bonds. The number of thioether (sulfide) groups is 1. The van der Waals surface area contributed by atoms with Crippen LogP contribution in [0.15, 0.2) is 22.5 Å². The van der Waals surface area contributed by atoms with Gasteiger partial charge < -0.3 is 11.1 Å². The second-order valence-corrected chi connectivity index (χ2v) is 7.08. The smallest absolute Gasteiger partial charge is 0.271 e. The minimum atomic E-state index is -0.561. The van der Waals surface area contributed by atoms with Crippen molar-refractivity contribution < 1.29 is 9.72 Å². The Morgan fingerprint density at radius 3 is 2.86 bits per heavy atom. The van der Waals surface area contributed by atoms with Crippen LogP contribution < -0.4 is 11.1 Å². The molecule has 0 saturated heterocycles. The van der Waals surface area contributed by atoms with Crippen molar-refractivity contribution in [1.82, 2.24) is 10.2 Å². The molecule has 1 heterocycles. The van der Waals surface area contributed by atoms with Crippen LogP contribution in [-0.2, 0) is 4.79 Å². The molecule has 0 radical (unpaired) electrons.